The van der Waals surface area contributed by atoms with Gasteiger partial charge in [0.05, 0.1) is 17.8 Å². The van der Waals surface area contributed by atoms with Crippen LogP contribution in [0.4, 0.5) is 0 Å². The van der Waals surface area contributed by atoms with Gasteiger partial charge in [-0.1, -0.05) is 59.3 Å². The maximum Gasteiger partial charge on any atom is 0.177 e. The lowest BCUT2D eigenvalue weighted by molar-refractivity contribution is 0.288. The summed E-state index contributed by atoms with van der Waals surface area (Å²) in [6.07, 6.45) is 2.90. The van der Waals surface area contributed by atoms with Crippen LogP contribution in [0.5, 0.6) is 0 Å². The van der Waals surface area contributed by atoms with Gasteiger partial charge in [0.15, 0.2) is 5.84 Å². The number of rotatable bonds is 5. The molecule has 0 spiro atoms. The number of hydrogen-bond acceptors (Lipinski definition) is 5. The fraction of sp³-hybridized carbons (Fsp3) is 0.158. The second-order valence-electron chi connectivity index (χ2n) is 6.22. The number of halogens is 1. The molecule has 2 aromatic carbocycles. The molecule has 0 fully saturated rings. The van der Waals surface area contributed by atoms with Gasteiger partial charge < -0.3 is 0 Å². The van der Waals surface area contributed by atoms with Crippen LogP contribution in [0.1, 0.15) is 23.6 Å². The third kappa shape index (κ3) is 3.69. The first kappa shape index (κ1) is 18.0. The summed E-state index contributed by atoms with van der Waals surface area (Å²) in [7, 11) is 0. The molecular formula is C19H19BrN6S. The van der Waals surface area contributed by atoms with Crippen LogP contribution in [-0.2, 0) is 13.0 Å². The second kappa shape index (κ2) is 7.67. The van der Waals surface area contributed by atoms with Crippen LogP contribution in [-0.4, -0.2) is 20.6 Å². The van der Waals surface area contributed by atoms with Crippen LogP contribution in [0.2, 0.25) is 0 Å². The highest BCUT2D eigenvalue weighted by Gasteiger charge is 2.22. The first-order chi connectivity index (χ1) is 13.2. The fourth-order valence-electron chi connectivity index (χ4n) is 2.95. The molecule has 4 rings (SSSR count). The van der Waals surface area contributed by atoms with Gasteiger partial charge >= 0.3 is 0 Å². The SMILES string of the molecule is CCc1ccc(-n2[nH]cc(C3=NNNN3Cc3ccc(Br)cc3)c2=S)cc1. The molecule has 3 N–H and O–H groups in total. The molecule has 0 saturated carbocycles. The average Bonchev–Trinajstić information content (AvgIpc) is 3.30. The molecule has 0 unspecified atom stereocenters. The van der Waals surface area contributed by atoms with Crippen molar-refractivity contribution >= 4 is 34.0 Å². The molecule has 0 aliphatic carbocycles. The second-order valence-corrected chi connectivity index (χ2v) is 7.52. The summed E-state index contributed by atoms with van der Waals surface area (Å²) in [6, 6.07) is 16.6. The third-order valence-corrected chi connectivity index (χ3v) is 5.40. The molecule has 1 aromatic heterocycles. The summed E-state index contributed by atoms with van der Waals surface area (Å²) in [4.78, 5) is 0. The molecule has 0 saturated heterocycles. The Hall–Kier alpha value is -2.42. The zero-order valence-corrected chi connectivity index (χ0v) is 17.1. The van der Waals surface area contributed by atoms with E-state index in [1.807, 2.05) is 28.0 Å². The Kier molecular flexibility index (Phi) is 5.11. The van der Waals surface area contributed by atoms with Crippen LogP contribution < -0.4 is 11.1 Å². The number of aryl methyl sites for hydroxylation is 1. The number of benzene rings is 2. The molecule has 2 heterocycles. The Morgan fingerprint density at radius 2 is 1.74 bits per heavy atom. The van der Waals surface area contributed by atoms with Gasteiger partial charge in [0.1, 0.15) is 4.64 Å². The molecule has 0 bridgehead atoms. The van der Waals surface area contributed by atoms with Crippen molar-refractivity contribution in [2.45, 2.75) is 19.9 Å². The Morgan fingerprint density at radius 3 is 2.44 bits per heavy atom. The van der Waals surface area contributed by atoms with E-state index in [4.69, 9.17) is 12.2 Å². The molecule has 0 amide bonds. The quantitative estimate of drug-likeness (QED) is 0.521. The summed E-state index contributed by atoms with van der Waals surface area (Å²) in [6.45, 7) is 2.80. The molecule has 1 aliphatic heterocycles. The number of H-pyrrole nitrogens is 1. The lowest BCUT2D eigenvalue weighted by atomic mass is 10.1. The number of aromatic amines is 1. The van der Waals surface area contributed by atoms with E-state index in [1.54, 1.807) is 0 Å². The van der Waals surface area contributed by atoms with Gasteiger partial charge in [0, 0.05) is 10.7 Å². The van der Waals surface area contributed by atoms with E-state index >= 15 is 0 Å². The van der Waals surface area contributed by atoms with E-state index in [0.717, 1.165) is 33.5 Å². The highest BCUT2D eigenvalue weighted by molar-refractivity contribution is 9.10. The van der Waals surface area contributed by atoms with Crippen molar-refractivity contribution in [1.29, 1.82) is 0 Å². The molecule has 27 heavy (non-hydrogen) atoms. The van der Waals surface area contributed by atoms with Gasteiger partial charge in [-0.25, -0.2) is 10.2 Å². The third-order valence-electron chi connectivity index (χ3n) is 4.47. The van der Waals surface area contributed by atoms with Crippen molar-refractivity contribution in [2.24, 2.45) is 5.10 Å². The minimum Gasteiger partial charge on any atom is -0.299 e. The van der Waals surface area contributed by atoms with Gasteiger partial charge in [-0.2, -0.15) is 0 Å². The minimum absolute atomic E-state index is 0.657. The summed E-state index contributed by atoms with van der Waals surface area (Å²) in [5.41, 5.74) is 10.2. The number of hydrazone groups is 1. The van der Waals surface area contributed by atoms with Gasteiger partial charge in [-0.15, -0.1) is 10.6 Å². The van der Waals surface area contributed by atoms with Crippen molar-refractivity contribution < 1.29 is 0 Å². The predicted molar refractivity (Wildman–Crippen MR) is 113 cm³/mol. The van der Waals surface area contributed by atoms with E-state index in [0.29, 0.717) is 11.2 Å². The summed E-state index contributed by atoms with van der Waals surface area (Å²) in [5.74, 6) is 0.753. The minimum atomic E-state index is 0.657. The monoisotopic (exact) mass is 442 g/mol. The van der Waals surface area contributed by atoms with E-state index in [1.165, 1.54) is 5.56 Å². The van der Waals surface area contributed by atoms with Crippen LogP contribution in [0, 0.1) is 4.64 Å². The lowest BCUT2D eigenvalue weighted by Gasteiger charge is -2.18. The maximum atomic E-state index is 5.70. The van der Waals surface area contributed by atoms with Crippen LogP contribution in [0.25, 0.3) is 5.69 Å². The summed E-state index contributed by atoms with van der Waals surface area (Å²) >= 11 is 9.17. The highest BCUT2D eigenvalue weighted by atomic mass is 79.9. The van der Waals surface area contributed by atoms with Crippen molar-refractivity contribution in [2.75, 3.05) is 0 Å². The number of amidine groups is 1. The smallest absolute Gasteiger partial charge is 0.177 e. The standard InChI is InChI=1S/C19H19BrN6S/c1-2-13-5-9-16(10-6-13)26-19(27)17(11-21-26)18-22-23-24-25(18)12-14-3-7-15(20)8-4-14/h3-11,21,23-24H,2,12H2,1H3. The van der Waals surface area contributed by atoms with Crippen molar-refractivity contribution in [3.8, 4) is 5.69 Å². The number of aromatic nitrogens is 2. The van der Waals surface area contributed by atoms with Crippen molar-refractivity contribution in [3.05, 3.63) is 80.5 Å². The average molecular weight is 443 g/mol. The number of hydrazine groups is 2. The van der Waals surface area contributed by atoms with Gasteiger partial charge in [0.25, 0.3) is 0 Å². The number of nitrogens with one attached hydrogen (secondary N) is 3. The first-order valence-electron chi connectivity index (χ1n) is 8.66. The molecule has 138 valence electrons. The number of hydrogen-bond donors (Lipinski definition) is 3. The van der Waals surface area contributed by atoms with Gasteiger partial charge in [0.2, 0.25) is 0 Å². The topological polar surface area (TPSA) is 60.4 Å². The largest absolute Gasteiger partial charge is 0.299 e. The van der Waals surface area contributed by atoms with Gasteiger partial charge in [-0.3, -0.25) is 10.1 Å². The van der Waals surface area contributed by atoms with Gasteiger partial charge in [-0.05, 0) is 41.8 Å². The predicted octanol–water partition coefficient (Wildman–Crippen LogP) is 4.05. The normalized spacial score (nSPS) is 13.6. The van der Waals surface area contributed by atoms with Crippen molar-refractivity contribution in [1.82, 2.24) is 25.9 Å². The molecule has 3 aromatic rings. The van der Waals surface area contributed by atoms with Crippen LogP contribution in [0.15, 0.2) is 64.3 Å². The van der Waals surface area contributed by atoms with Crippen molar-refractivity contribution in [3.63, 3.8) is 0 Å². The summed E-state index contributed by atoms with van der Waals surface area (Å²) < 4.78 is 3.63. The van der Waals surface area contributed by atoms with Crippen LogP contribution >= 0.6 is 28.1 Å². The zero-order valence-electron chi connectivity index (χ0n) is 14.7. The molecular weight excluding hydrogens is 424 g/mol. The zero-order chi connectivity index (χ0) is 18.8. The highest BCUT2D eigenvalue weighted by Crippen LogP contribution is 2.17. The van der Waals surface area contributed by atoms with E-state index < -0.39 is 0 Å². The molecule has 8 heteroatoms. The lowest BCUT2D eigenvalue weighted by Crippen LogP contribution is -2.40. The Balaban J connectivity index is 1.60. The molecule has 1 aliphatic rings. The van der Waals surface area contributed by atoms with E-state index in [2.05, 4.69) is 80.5 Å². The summed E-state index contributed by atoms with van der Waals surface area (Å²) in [5, 5.41) is 9.55. The Labute approximate surface area is 170 Å². The first-order valence-corrected chi connectivity index (χ1v) is 9.86. The Morgan fingerprint density at radius 1 is 1.04 bits per heavy atom. The van der Waals surface area contributed by atoms with Crippen LogP contribution in [0.3, 0.4) is 0 Å². The maximum absolute atomic E-state index is 5.70. The van der Waals surface area contributed by atoms with E-state index in [9.17, 15) is 0 Å². The fourth-order valence-corrected chi connectivity index (χ4v) is 3.52. The molecule has 6 nitrogen and oxygen atoms in total. The van der Waals surface area contributed by atoms with E-state index in [-0.39, 0.29) is 0 Å². The number of nitrogens with zero attached hydrogens (tertiary/aromatic N) is 3. The molecule has 0 radical (unpaired) electrons. The molecule has 0 atom stereocenters. The Bertz CT molecular complexity index is 1020.